The monoisotopic (exact) mass is 814 g/mol. The van der Waals surface area contributed by atoms with Gasteiger partial charge in [-0.3, -0.25) is 4.99 Å². The summed E-state index contributed by atoms with van der Waals surface area (Å²) in [4.78, 5) is 4.36. The van der Waals surface area contributed by atoms with E-state index in [0.29, 0.717) is 33.2 Å². The summed E-state index contributed by atoms with van der Waals surface area (Å²) in [6, 6.07) is 20.0. The highest BCUT2D eigenvalue weighted by molar-refractivity contribution is 7.86. The summed E-state index contributed by atoms with van der Waals surface area (Å²) < 4.78 is 51.0. The molecular weight excluding hydrogens is 771 g/mol. The summed E-state index contributed by atoms with van der Waals surface area (Å²) in [5.74, 6) is 2.15. The second-order valence-electron chi connectivity index (χ2n) is 11.0. The minimum Gasteiger partial charge on any atom is -0.506 e. The normalized spacial score (nSPS) is 13.3. The van der Waals surface area contributed by atoms with Crippen LogP contribution >= 0.6 is 34.8 Å². The van der Waals surface area contributed by atoms with Crippen LogP contribution in [-0.4, -0.2) is 98.2 Å². The molecule has 1 aliphatic heterocycles. The van der Waals surface area contributed by atoms with Crippen molar-refractivity contribution < 1.29 is 41.4 Å². The Morgan fingerprint density at radius 2 is 1.25 bits per heavy atom. The minimum atomic E-state index is -3.56. The maximum Gasteiger partial charge on any atom is 0.265 e. The number of nitriles is 2. The molecule has 0 bridgehead atoms. The number of ether oxygens (including phenoxy) is 5. The van der Waals surface area contributed by atoms with Gasteiger partial charge in [0, 0.05) is 27.9 Å². The number of nitrogens with one attached hydrogen (secondary N) is 1. The summed E-state index contributed by atoms with van der Waals surface area (Å²) in [6.45, 7) is 7.92. The van der Waals surface area contributed by atoms with E-state index >= 15 is 0 Å². The molecular formula is C36H45Cl3N4O9S. The average Bonchev–Trinajstić information content (AvgIpc) is 3.66. The third kappa shape index (κ3) is 18.2. The molecule has 290 valence electrons. The van der Waals surface area contributed by atoms with Crippen molar-refractivity contribution in [1.29, 1.82) is 10.5 Å². The molecule has 3 aromatic carbocycles. The van der Waals surface area contributed by atoms with E-state index in [1.807, 2.05) is 63.2 Å². The number of phenolic OH excluding ortho intramolecular Hbond substituents is 1. The Kier molecular flexibility index (Phi) is 22.5. The van der Waals surface area contributed by atoms with E-state index in [-0.39, 0.29) is 25.1 Å². The van der Waals surface area contributed by atoms with E-state index < -0.39 is 22.3 Å². The number of hydrogen-bond donors (Lipinski definition) is 2. The zero-order valence-electron chi connectivity index (χ0n) is 30.6. The molecule has 3 unspecified atom stereocenters. The Labute approximate surface area is 327 Å². The van der Waals surface area contributed by atoms with Crippen molar-refractivity contribution in [3.8, 4) is 29.4 Å². The smallest absolute Gasteiger partial charge is 0.265 e. The minimum absolute atomic E-state index is 0.0520. The number of aliphatic imine (C=N–C) groups is 1. The Balaban J connectivity index is 0.000000366. The van der Waals surface area contributed by atoms with Crippen molar-refractivity contribution in [3.63, 3.8) is 0 Å². The number of methoxy groups -OCH3 is 3. The molecule has 1 aliphatic rings. The number of aromatic hydroxyl groups is 1. The molecule has 0 radical (unpaired) electrons. The van der Waals surface area contributed by atoms with Crippen molar-refractivity contribution in [3.05, 3.63) is 86.4 Å². The molecule has 0 saturated heterocycles. The van der Waals surface area contributed by atoms with Gasteiger partial charge in [0.05, 0.1) is 53.8 Å². The maximum absolute atomic E-state index is 10.4. The van der Waals surface area contributed by atoms with Crippen LogP contribution in [-0.2, 0) is 28.5 Å². The Bertz CT molecular complexity index is 1780. The first-order valence-electron chi connectivity index (χ1n) is 15.8. The number of aryl methyl sites for hydroxylation is 3. The van der Waals surface area contributed by atoms with Crippen LogP contribution in [0.3, 0.4) is 0 Å². The van der Waals surface area contributed by atoms with Gasteiger partial charge in [-0.2, -0.15) is 18.9 Å². The highest BCUT2D eigenvalue weighted by Gasteiger charge is 2.22. The second-order valence-corrected chi connectivity index (χ2v) is 13.7. The first-order valence-corrected chi connectivity index (χ1v) is 18.8. The van der Waals surface area contributed by atoms with Gasteiger partial charge in [0.25, 0.3) is 10.1 Å². The Morgan fingerprint density at radius 1 is 0.774 bits per heavy atom. The van der Waals surface area contributed by atoms with Gasteiger partial charge in [-0.1, -0.05) is 71.2 Å². The molecule has 0 aromatic heterocycles. The van der Waals surface area contributed by atoms with Crippen molar-refractivity contribution >= 4 is 50.8 Å². The number of nitrogens with zero attached hydrogens (tertiary/aromatic N) is 3. The molecule has 13 nitrogen and oxygen atoms in total. The SMILES string of the molecule is COCC(C#N)OS(C)(=O)=O.COCC(C#N)Oc1cccc(C)c1Cl.COCC(Oc1cccc(C)c1Cl)C1=NCCN1.Cc1cccc(O)c1Cl. The van der Waals surface area contributed by atoms with Crippen LogP contribution in [0.4, 0.5) is 0 Å². The molecule has 4 rings (SSSR count). The maximum atomic E-state index is 10.4. The van der Waals surface area contributed by atoms with Gasteiger partial charge in [0.1, 0.15) is 29.2 Å². The van der Waals surface area contributed by atoms with Crippen molar-refractivity contribution in [2.24, 2.45) is 4.99 Å². The first kappa shape index (κ1) is 47.2. The van der Waals surface area contributed by atoms with Gasteiger partial charge in [-0.15, -0.1) is 0 Å². The molecule has 0 saturated carbocycles. The van der Waals surface area contributed by atoms with E-state index in [4.69, 9.17) is 69.4 Å². The van der Waals surface area contributed by atoms with Gasteiger partial charge in [-0.25, -0.2) is 4.18 Å². The van der Waals surface area contributed by atoms with Crippen LogP contribution in [0.2, 0.25) is 15.1 Å². The van der Waals surface area contributed by atoms with Gasteiger partial charge in [-0.05, 0) is 55.7 Å². The summed E-state index contributed by atoms with van der Waals surface area (Å²) in [7, 11) is 0.959. The van der Waals surface area contributed by atoms with Gasteiger partial charge in [0.15, 0.2) is 12.2 Å². The van der Waals surface area contributed by atoms with E-state index in [0.717, 1.165) is 41.9 Å². The standard InChI is InChI=1S/C13H17ClN2O2.C11H12ClNO2.C7H7ClO.C5H9NO4S/c1-9-4-3-5-10(12(9)14)18-11(8-17-2)13-15-6-7-16-13;1-8-4-3-5-10(11(8)12)15-9(6-13)7-14-2;1-5-3-2-4-6(9)7(5)8;1-9-4-5(3-6)10-11(2,7)8/h3-5,11H,6-8H2,1-2H3,(H,15,16);3-5,9H,7H2,1-2H3;2-4,9H,1H3;5H,4H2,1-2H3. The molecule has 0 fully saturated rings. The van der Waals surface area contributed by atoms with Crippen molar-refractivity contribution in [2.45, 2.75) is 39.1 Å². The van der Waals surface area contributed by atoms with Gasteiger partial charge >= 0.3 is 0 Å². The third-order valence-electron chi connectivity index (χ3n) is 6.56. The zero-order valence-corrected chi connectivity index (χ0v) is 33.6. The summed E-state index contributed by atoms with van der Waals surface area (Å²) in [5, 5.41) is 30.9. The lowest BCUT2D eigenvalue weighted by atomic mass is 10.2. The summed E-state index contributed by atoms with van der Waals surface area (Å²) in [5.41, 5.74) is 2.81. The largest absolute Gasteiger partial charge is 0.506 e. The van der Waals surface area contributed by atoms with Crippen molar-refractivity contribution in [1.82, 2.24) is 5.32 Å². The lowest BCUT2D eigenvalue weighted by Gasteiger charge is -2.20. The Morgan fingerprint density at radius 3 is 1.66 bits per heavy atom. The molecule has 0 aliphatic carbocycles. The van der Waals surface area contributed by atoms with Gasteiger partial charge < -0.3 is 34.1 Å². The molecule has 3 aromatic rings. The van der Waals surface area contributed by atoms with Gasteiger partial charge in [0.2, 0.25) is 6.10 Å². The number of hydrogen-bond acceptors (Lipinski definition) is 13. The molecule has 2 N–H and O–H groups in total. The third-order valence-corrected chi connectivity index (χ3v) is 8.60. The first-order chi connectivity index (χ1) is 25.1. The highest BCUT2D eigenvalue weighted by Crippen LogP contribution is 2.29. The van der Waals surface area contributed by atoms with Crippen LogP contribution in [0.1, 0.15) is 16.7 Å². The van der Waals surface area contributed by atoms with E-state index in [1.54, 1.807) is 31.4 Å². The molecule has 1 heterocycles. The predicted molar refractivity (Wildman–Crippen MR) is 206 cm³/mol. The second kappa shape index (κ2) is 25.2. The van der Waals surface area contributed by atoms with E-state index in [1.165, 1.54) is 14.2 Å². The zero-order chi connectivity index (χ0) is 40.0. The van der Waals surface area contributed by atoms with Crippen LogP contribution in [0, 0.1) is 43.4 Å². The highest BCUT2D eigenvalue weighted by atomic mass is 35.5. The van der Waals surface area contributed by atoms with Crippen molar-refractivity contribution in [2.75, 3.05) is 60.5 Å². The molecule has 0 amide bonds. The molecule has 0 spiro atoms. The molecule has 3 atom stereocenters. The lowest BCUT2D eigenvalue weighted by Crippen LogP contribution is -2.39. The predicted octanol–water partition coefficient (Wildman–Crippen LogP) is 6.46. The average molecular weight is 816 g/mol. The molecule has 53 heavy (non-hydrogen) atoms. The van der Waals surface area contributed by atoms with Crippen LogP contribution < -0.4 is 14.8 Å². The topological polar surface area (TPSA) is 182 Å². The summed E-state index contributed by atoms with van der Waals surface area (Å²) in [6.07, 6.45) is -1.03. The number of rotatable bonds is 13. The number of benzene rings is 3. The number of phenols is 1. The van der Waals surface area contributed by atoms with Crippen LogP contribution in [0.5, 0.6) is 17.2 Å². The fourth-order valence-corrected chi connectivity index (χ4v) is 5.00. The van der Waals surface area contributed by atoms with E-state index in [2.05, 4.69) is 19.2 Å². The summed E-state index contributed by atoms with van der Waals surface area (Å²) >= 11 is 17.9. The molecule has 17 heteroatoms. The van der Waals surface area contributed by atoms with E-state index in [9.17, 15) is 8.42 Å². The van der Waals surface area contributed by atoms with Crippen LogP contribution in [0.15, 0.2) is 59.6 Å². The van der Waals surface area contributed by atoms with Crippen LogP contribution in [0.25, 0.3) is 0 Å². The fraction of sp³-hybridized carbons (Fsp3) is 0.417. The lowest BCUT2D eigenvalue weighted by molar-refractivity contribution is 0.112. The Hall–Kier alpha value is -3.83. The fourth-order valence-electron chi connectivity index (χ4n) is 4.01. The number of amidine groups is 1. The quantitative estimate of drug-likeness (QED) is 0.180. The number of halogens is 3.